The van der Waals surface area contributed by atoms with Gasteiger partial charge in [0, 0.05) is 42.3 Å². The molecule has 0 aliphatic carbocycles. The molecule has 2 heterocycles. The predicted molar refractivity (Wildman–Crippen MR) is 228 cm³/mol. The molecule has 4 heteroatoms. The van der Waals surface area contributed by atoms with E-state index in [1.54, 1.807) is 0 Å². The van der Waals surface area contributed by atoms with Crippen molar-refractivity contribution in [3.05, 3.63) is 194 Å². The van der Waals surface area contributed by atoms with E-state index in [1.165, 1.54) is 30.9 Å². The first kappa shape index (κ1) is 31.6. The van der Waals surface area contributed by atoms with Crippen LogP contribution in [0, 0.1) is 0 Å². The second kappa shape index (κ2) is 12.8. The van der Waals surface area contributed by atoms with Gasteiger partial charge in [0.25, 0.3) is 0 Å². The molecule has 0 fully saturated rings. The van der Waals surface area contributed by atoms with Crippen molar-refractivity contribution in [3.63, 3.8) is 0 Å². The fourth-order valence-corrected chi connectivity index (χ4v) is 11.7. The van der Waals surface area contributed by atoms with Crippen molar-refractivity contribution >= 4 is 76.2 Å². The highest BCUT2D eigenvalue weighted by Crippen LogP contribution is 2.46. The van der Waals surface area contributed by atoms with Crippen LogP contribution in [0.2, 0.25) is 0 Å². The molecule has 0 N–H and O–H groups in total. The van der Waals surface area contributed by atoms with Gasteiger partial charge in [0.1, 0.15) is 0 Å². The maximum absolute atomic E-state index is 15.2. The smallest absolute Gasteiger partial charge is 0.171 e. The minimum Gasteiger partial charge on any atom is -0.309 e. The molecule has 2 nitrogen and oxygen atoms in total. The third kappa shape index (κ3) is 5.32. The largest absolute Gasteiger partial charge is 0.309 e. The molecule has 0 amide bonds. The molecule has 250 valence electrons. The predicted octanol–water partition coefficient (Wildman–Crippen LogP) is 12.4. The maximum Gasteiger partial charge on any atom is 0.171 e. The molecule has 0 saturated carbocycles. The lowest BCUT2D eigenvalue weighted by Crippen LogP contribution is -2.25. The average Bonchev–Trinajstić information content (AvgIpc) is 3.64. The summed E-state index contributed by atoms with van der Waals surface area (Å²) < 4.78 is 17.6. The average molecular weight is 714 g/mol. The van der Waals surface area contributed by atoms with E-state index in [2.05, 4.69) is 121 Å². The fourth-order valence-electron chi connectivity index (χ4n) is 7.76. The van der Waals surface area contributed by atoms with E-state index in [1.807, 2.05) is 84.1 Å². The van der Waals surface area contributed by atoms with Gasteiger partial charge in [-0.15, -0.1) is 11.3 Å². The Morgan fingerprint density at radius 3 is 1.75 bits per heavy atom. The van der Waals surface area contributed by atoms with Gasteiger partial charge in [0.2, 0.25) is 0 Å². The van der Waals surface area contributed by atoms with Gasteiger partial charge in [0.15, 0.2) is 7.14 Å². The molecule has 0 aliphatic rings. The van der Waals surface area contributed by atoms with Crippen molar-refractivity contribution in [3.8, 4) is 33.5 Å². The molecule has 8 aromatic carbocycles. The van der Waals surface area contributed by atoms with Crippen molar-refractivity contribution in [1.82, 2.24) is 4.98 Å². The Morgan fingerprint density at radius 2 is 1.00 bits per heavy atom. The van der Waals surface area contributed by atoms with Crippen LogP contribution in [-0.4, -0.2) is 4.98 Å². The van der Waals surface area contributed by atoms with Gasteiger partial charge < -0.3 is 4.57 Å². The summed E-state index contributed by atoms with van der Waals surface area (Å²) in [7, 11) is -3.11. The summed E-state index contributed by atoms with van der Waals surface area (Å²) in [6.07, 6.45) is 0. The van der Waals surface area contributed by atoms with Crippen LogP contribution in [0.3, 0.4) is 0 Å². The Labute approximate surface area is 312 Å². The lowest BCUT2D eigenvalue weighted by Gasteiger charge is -2.20. The minimum atomic E-state index is -3.11. The highest BCUT2D eigenvalue weighted by atomic mass is 32.1. The number of benzene rings is 8. The number of aromatic nitrogens is 1. The molecule has 10 rings (SSSR count). The zero-order valence-corrected chi connectivity index (χ0v) is 30.4. The molecule has 10 aromatic rings. The summed E-state index contributed by atoms with van der Waals surface area (Å²) in [6.45, 7) is 0. The second-order valence-corrected chi connectivity index (χ2v) is 17.3. The fraction of sp³-hybridized carbons (Fsp3) is 0. The second-order valence-electron chi connectivity index (χ2n) is 13.4. The molecule has 2 aromatic heterocycles. The monoisotopic (exact) mass is 713 g/mol. The van der Waals surface area contributed by atoms with E-state index in [0.29, 0.717) is 0 Å². The lowest BCUT2D eigenvalue weighted by atomic mass is 9.95. The quantitative estimate of drug-likeness (QED) is 0.161. The summed E-state index contributed by atoms with van der Waals surface area (Å²) in [6, 6.07) is 67.1. The van der Waals surface area contributed by atoms with E-state index >= 15 is 4.57 Å². The Morgan fingerprint density at radius 1 is 0.434 bits per heavy atom. The van der Waals surface area contributed by atoms with Crippen LogP contribution in [0.1, 0.15) is 0 Å². The number of thiophene rings is 1. The SMILES string of the molecule is O=P(c1ccccc1)(c1ccccc1)c1cccc(-c2cccc(-c3ccc4nc(-c5cccc6ccccc56)c5sc6ccccc6c5c4c3)c2)c1. The van der Waals surface area contributed by atoms with E-state index in [4.69, 9.17) is 4.98 Å². The Bertz CT molecular complexity index is 2990. The van der Waals surface area contributed by atoms with Crippen LogP contribution >= 0.6 is 18.5 Å². The number of hydrogen-bond acceptors (Lipinski definition) is 3. The molecule has 0 saturated heterocycles. The standard InChI is InChI=1S/C49H32NOPS/c51-52(38-19-3-1-4-20-38,39-21-5-2-6-22-39)40-23-12-18-36(31-40)34-16-11-17-35(30-34)37-28-29-45-44(32-37)47-43-25-9-10-27-46(43)53-49(47)48(50-45)42-26-13-15-33-14-7-8-24-41(33)42/h1-32H. The summed E-state index contributed by atoms with van der Waals surface area (Å²) in [5.41, 5.74) is 7.53. The Balaban J connectivity index is 1.12. The van der Waals surface area contributed by atoms with Crippen LogP contribution in [0.5, 0.6) is 0 Å². The summed E-state index contributed by atoms with van der Waals surface area (Å²) >= 11 is 1.82. The molecule has 0 spiro atoms. The zero-order valence-electron chi connectivity index (χ0n) is 28.7. The molecule has 53 heavy (non-hydrogen) atoms. The van der Waals surface area contributed by atoms with Gasteiger partial charge in [-0.2, -0.15) is 0 Å². The third-order valence-corrected chi connectivity index (χ3v) is 14.6. The maximum atomic E-state index is 15.2. The van der Waals surface area contributed by atoms with Crippen molar-refractivity contribution in [2.24, 2.45) is 0 Å². The van der Waals surface area contributed by atoms with E-state index < -0.39 is 7.14 Å². The van der Waals surface area contributed by atoms with Crippen molar-refractivity contribution in [2.75, 3.05) is 0 Å². The Kier molecular flexibility index (Phi) is 7.65. The van der Waals surface area contributed by atoms with Gasteiger partial charge in [-0.1, -0.05) is 164 Å². The first-order valence-corrected chi connectivity index (χ1v) is 20.3. The molecular formula is C49H32NOPS. The van der Waals surface area contributed by atoms with Gasteiger partial charge >= 0.3 is 0 Å². The van der Waals surface area contributed by atoms with Crippen LogP contribution in [0.15, 0.2) is 194 Å². The number of pyridine rings is 1. The van der Waals surface area contributed by atoms with Gasteiger partial charge in [0.05, 0.1) is 15.9 Å². The minimum absolute atomic E-state index is 0.823. The zero-order chi connectivity index (χ0) is 35.4. The van der Waals surface area contributed by atoms with Crippen molar-refractivity contribution in [2.45, 2.75) is 0 Å². The number of rotatable bonds is 6. The van der Waals surface area contributed by atoms with E-state index in [9.17, 15) is 0 Å². The third-order valence-electron chi connectivity index (χ3n) is 10.3. The first-order chi connectivity index (χ1) is 26.1. The van der Waals surface area contributed by atoms with E-state index in [0.717, 1.165) is 60.3 Å². The first-order valence-electron chi connectivity index (χ1n) is 17.8. The summed E-state index contributed by atoms with van der Waals surface area (Å²) in [5.74, 6) is 0. The molecule has 0 atom stereocenters. The highest BCUT2D eigenvalue weighted by Gasteiger charge is 2.29. The van der Waals surface area contributed by atoms with Gasteiger partial charge in [-0.25, -0.2) is 4.98 Å². The number of fused-ring (bicyclic) bond motifs is 6. The molecule has 0 unspecified atom stereocenters. The number of hydrogen-bond donors (Lipinski definition) is 0. The van der Waals surface area contributed by atoms with Crippen LogP contribution in [0.4, 0.5) is 0 Å². The van der Waals surface area contributed by atoms with E-state index in [-0.39, 0.29) is 0 Å². The molecule has 0 aliphatic heterocycles. The molecule has 0 bridgehead atoms. The van der Waals surface area contributed by atoms with Crippen LogP contribution < -0.4 is 15.9 Å². The summed E-state index contributed by atoms with van der Waals surface area (Å²) in [5, 5.41) is 8.57. The summed E-state index contributed by atoms with van der Waals surface area (Å²) in [4.78, 5) is 5.39. The van der Waals surface area contributed by atoms with Crippen molar-refractivity contribution in [1.29, 1.82) is 0 Å². The highest BCUT2D eigenvalue weighted by molar-refractivity contribution is 7.85. The van der Waals surface area contributed by atoms with Crippen molar-refractivity contribution < 1.29 is 4.57 Å². The number of nitrogens with zero attached hydrogens (tertiary/aromatic N) is 1. The lowest BCUT2D eigenvalue weighted by molar-refractivity contribution is 0.592. The van der Waals surface area contributed by atoms with Crippen LogP contribution in [0.25, 0.3) is 75.4 Å². The van der Waals surface area contributed by atoms with Gasteiger partial charge in [-0.3, -0.25) is 0 Å². The van der Waals surface area contributed by atoms with Gasteiger partial charge in [-0.05, 0) is 63.4 Å². The topological polar surface area (TPSA) is 30.0 Å². The molecule has 0 radical (unpaired) electrons. The Hall–Kier alpha value is -6.12. The normalized spacial score (nSPS) is 11.8. The van der Waals surface area contributed by atoms with Crippen LogP contribution in [-0.2, 0) is 4.57 Å². The molecular weight excluding hydrogens is 682 g/mol.